The van der Waals surface area contributed by atoms with Gasteiger partial charge in [-0.05, 0) is 57.5 Å². The van der Waals surface area contributed by atoms with Crippen LogP contribution in [0.1, 0.15) is 74.6 Å². The predicted octanol–water partition coefficient (Wildman–Crippen LogP) is 3.62. The van der Waals surface area contributed by atoms with Gasteiger partial charge in [-0.3, -0.25) is 4.79 Å². The van der Waals surface area contributed by atoms with Crippen LogP contribution in [0.4, 0.5) is 0 Å². The Morgan fingerprint density at radius 3 is 2.23 bits per heavy atom. The zero-order valence-electron chi connectivity index (χ0n) is 16.9. The Morgan fingerprint density at radius 2 is 1.53 bits per heavy atom. The molecule has 5 N–H and O–H groups in total. The van der Waals surface area contributed by atoms with Crippen LogP contribution in [0.25, 0.3) is 0 Å². The number of benzene rings is 3. The molecule has 0 spiro atoms. The molecule has 0 radical (unpaired) electrons. The van der Waals surface area contributed by atoms with E-state index >= 15 is 0 Å². The van der Waals surface area contributed by atoms with Crippen LogP contribution in [-0.4, -0.2) is 5.91 Å². The molecule has 0 fully saturated rings. The van der Waals surface area contributed by atoms with Crippen LogP contribution >= 0.6 is 0 Å². The lowest BCUT2D eigenvalue weighted by atomic mass is 9.84. The summed E-state index contributed by atoms with van der Waals surface area (Å²) in [4.78, 5) is 12.8. The van der Waals surface area contributed by atoms with Crippen LogP contribution in [0.15, 0.2) is 60.7 Å². The average molecular weight is 399 g/mol. The zero-order valence-corrected chi connectivity index (χ0v) is 16.9. The number of amides is 1. The predicted molar refractivity (Wildman–Crippen MR) is 116 cm³/mol. The van der Waals surface area contributed by atoms with Gasteiger partial charge in [-0.2, -0.15) is 0 Å². The van der Waals surface area contributed by atoms with Gasteiger partial charge in [0.15, 0.2) is 0 Å². The molecule has 152 valence electrons. The van der Waals surface area contributed by atoms with E-state index in [2.05, 4.69) is 30.4 Å². The number of nitrogens with one attached hydrogen (secondary N) is 1. The maximum Gasteiger partial charge on any atom is 0.251 e. The van der Waals surface area contributed by atoms with Crippen molar-refractivity contribution >= 4 is 5.91 Å². The molecule has 2 atom stereocenters. The summed E-state index contributed by atoms with van der Waals surface area (Å²) in [5.74, 6) is -0.0947. The van der Waals surface area contributed by atoms with Gasteiger partial charge in [0.1, 0.15) is 12.2 Å². The lowest BCUT2D eigenvalue weighted by Gasteiger charge is -2.17. The number of rotatable bonds is 5. The Bertz CT molecular complexity index is 1120. The highest BCUT2D eigenvalue weighted by atomic mass is 16.5. The molecule has 30 heavy (non-hydrogen) atoms. The third kappa shape index (κ3) is 3.12. The molecule has 5 nitrogen and oxygen atoms in total. The molecular weight excluding hydrogens is 374 g/mol. The van der Waals surface area contributed by atoms with Crippen molar-refractivity contribution in [2.24, 2.45) is 11.5 Å². The number of fused-ring (bicyclic) bond motifs is 8. The van der Waals surface area contributed by atoms with Gasteiger partial charge in [0.05, 0.1) is 6.17 Å². The Labute approximate surface area is 176 Å². The molecule has 2 aliphatic heterocycles. The molecular formula is C25H25N3O2. The summed E-state index contributed by atoms with van der Waals surface area (Å²) in [5, 5.41) is 2.99. The van der Waals surface area contributed by atoms with E-state index in [0.717, 1.165) is 23.1 Å². The van der Waals surface area contributed by atoms with Crippen LogP contribution in [0.2, 0.25) is 0 Å². The molecule has 0 aliphatic carbocycles. The molecule has 0 aromatic heterocycles. The fourth-order valence-corrected chi connectivity index (χ4v) is 4.40. The summed E-state index contributed by atoms with van der Waals surface area (Å²) in [7, 11) is 0. The van der Waals surface area contributed by atoms with Crippen molar-refractivity contribution in [3.05, 3.63) is 105 Å². The Balaban J connectivity index is 1.33. The molecule has 1 amide bonds. The summed E-state index contributed by atoms with van der Waals surface area (Å²) in [6.07, 6.45) is 0.414. The average Bonchev–Trinajstić information content (AvgIpc) is 3.34. The maximum absolute atomic E-state index is 12.8. The highest BCUT2D eigenvalue weighted by molar-refractivity contribution is 5.94. The number of hydrogen-bond donors (Lipinski definition) is 3. The number of carbonyl (C=O) groups is 1. The fourth-order valence-electron chi connectivity index (χ4n) is 4.40. The fraction of sp³-hybridized carbons (Fsp3) is 0.240. The minimum Gasteiger partial charge on any atom is -0.356 e. The van der Waals surface area contributed by atoms with E-state index in [1.807, 2.05) is 42.5 Å². The second-order valence-corrected chi connectivity index (χ2v) is 8.01. The standard InChI is InChI=1S/C25H25N3O2/c1-2-14-5-9-18-20(11-14)23-21-12-17(8-10-19(21)22(18)30-23)25(29)28-13-15-3-6-16(7-4-15)24(26)27/h3-12,22-24H,2,13,26-27H2,1H3,(H,28,29)/t22-,23+/m0/s1. The molecule has 0 saturated carbocycles. The topological polar surface area (TPSA) is 90.4 Å². The van der Waals surface area contributed by atoms with Gasteiger partial charge >= 0.3 is 0 Å². The van der Waals surface area contributed by atoms with Crippen molar-refractivity contribution in [1.29, 1.82) is 0 Å². The third-order valence-electron chi connectivity index (χ3n) is 6.13. The van der Waals surface area contributed by atoms with Gasteiger partial charge in [-0.15, -0.1) is 0 Å². The van der Waals surface area contributed by atoms with Gasteiger partial charge in [0.25, 0.3) is 5.91 Å². The summed E-state index contributed by atoms with van der Waals surface area (Å²) >= 11 is 0. The molecule has 2 heterocycles. The van der Waals surface area contributed by atoms with Gasteiger partial charge in [0.2, 0.25) is 0 Å². The van der Waals surface area contributed by atoms with E-state index in [1.165, 1.54) is 22.3 Å². The van der Waals surface area contributed by atoms with Crippen molar-refractivity contribution in [1.82, 2.24) is 5.32 Å². The Morgan fingerprint density at radius 1 is 0.900 bits per heavy atom. The largest absolute Gasteiger partial charge is 0.356 e. The van der Waals surface area contributed by atoms with Crippen molar-refractivity contribution in [2.75, 3.05) is 0 Å². The lowest BCUT2D eigenvalue weighted by Crippen LogP contribution is -2.23. The first-order valence-corrected chi connectivity index (χ1v) is 10.4. The molecule has 5 rings (SSSR count). The van der Waals surface area contributed by atoms with Crippen molar-refractivity contribution < 1.29 is 9.53 Å². The SMILES string of the molecule is CCc1ccc2c(c1)[C@H]1O[C@@H]2c2ccc(C(=O)NCc3ccc(C(N)N)cc3)cc21. The van der Waals surface area contributed by atoms with E-state index in [4.69, 9.17) is 16.2 Å². The van der Waals surface area contributed by atoms with Gasteiger partial charge in [-0.25, -0.2) is 0 Å². The zero-order chi connectivity index (χ0) is 20.8. The first kappa shape index (κ1) is 19.0. The third-order valence-corrected chi connectivity index (χ3v) is 6.13. The second-order valence-electron chi connectivity index (χ2n) is 8.01. The smallest absolute Gasteiger partial charge is 0.251 e. The monoisotopic (exact) mass is 399 g/mol. The molecule has 2 bridgehead atoms. The summed E-state index contributed by atoms with van der Waals surface area (Å²) in [6.45, 7) is 2.60. The summed E-state index contributed by atoms with van der Waals surface area (Å²) < 4.78 is 6.26. The molecule has 3 aromatic rings. The molecule has 5 heteroatoms. The van der Waals surface area contributed by atoms with E-state index in [9.17, 15) is 4.79 Å². The summed E-state index contributed by atoms with van der Waals surface area (Å²) in [5.41, 5.74) is 19.9. The van der Waals surface area contributed by atoms with Gasteiger partial charge in [0, 0.05) is 12.1 Å². The van der Waals surface area contributed by atoms with E-state index in [-0.39, 0.29) is 18.1 Å². The van der Waals surface area contributed by atoms with Crippen LogP contribution in [-0.2, 0) is 17.7 Å². The van der Waals surface area contributed by atoms with E-state index in [0.29, 0.717) is 12.1 Å². The minimum absolute atomic E-state index is 0.0181. The highest BCUT2D eigenvalue weighted by Crippen LogP contribution is 2.54. The minimum atomic E-state index is -0.490. The maximum atomic E-state index is 12.8. The number of aryl methyl sites for hydroxylation is 1. The first-order chi connectivity index (χ1) is 14.5. The van der Waals surface area contributed by atoms with Gasteiger partial charge in [-0.1, -0.05) is 55.5 Å². The first-order valence-electron chi connectivity index (χ1n) is 10.4. The van der Waals surface area contributed by atoms with Crippen LogP contribution in [0, 0.1) is 0 Å². The number of hydrogen-bond acceptors (Lipinski definition) is 4. The highest BCUT2D eigenvalue weighted by Gasteiger charge is 2.42. The number of nitrogens with two attached hydrogens (primary N) is 2. The summed E-state index contributed by atoms with van der Waals surface area (Å²) in [6, 6.07) is 20.1. The van der Waals surface area contributed by atoms with E-state index in [1.54, 1.807) is 0 Å². The Kier molecular flexibility index (Phi) is 4.66. The molecule has 2 aliphatic rings. The molecule has 0 unspecified atom stereocenters. The normalized spacial score (nSPS) is 18.4. The Hall–Kier alpha value is -2.99. The van der Waals surface area contributed by atoms with Crippen molar-refractivity contribution in [2.45, 2.75) is 38.3 Å². The van der Waals surface area contributed by atoms with Gasteiger partial charge < -0.3 is 21.5 Å². The number of ether oxygens (including phenoxy) is 1. The van der Waals surface area contributed by atoms with Crippen molar-refractivity contribution in [3.8, 4) is 0 Å². The number of carbonyl (C=O) groups excluding carboxylic acids is 1. The second kappa shape index (κ2) is 7.36. The van der Waals surface area contributed by atoms with Crippen LogP contribution < -0.4 is 16.8 Å². The van der Waals surface area contributed by atoms with Crippen LogP contribution in [0.5, 0.6) is 0 Å². The quantitative estimate of drug-likeness (QED) is 0.572. The van der Waals surface area contributed by atoms with Crippen molar-refractivity contribution in [3.63, 3.8) is 0 Å². The molecule has 0 saturated heterocycles. The van der Waals surface area contributed by atoms with Crippen LogP contribution in [0.3, 0.4) is 0 Å². The van der Waals surface area contributed by atoms with E-state index < -0.39 is 6.17 Å². The molecule has 3 aromatic carbocycles. The lowest BCUT2D eigenvalue weighted by molar-refractivity contribution is 0.0857.